The van der Waals surface area contributed by atoms with Crippen molar-refractivity contribution >= 4 is 17.1 Å². The predicted octanol–water partition coefficient (Wildman–Crippen LogP) is 2.19. The van der Waals surface area contributed by atoms with Crippen LogP contribution < -0.4 is 15.8 Å². The van der Waals surface area contributed by atoms with Gasteiger partial charge in [0.2, 0.25) is 5.88 Å². The zero-order chi connectivity index (χ0) is 14.5. The maximum Gasteiger partial charge on any atom is 0.273 e. The van der Waals surface area contributed by atoms with Gasteiger partial charge in [0, 0.05) is 42.3 Å². The number of nitrogens with one attached hydrogen (secondary N) is 1. The number of hydrogen-bond donors (Lipinski definition) is 2. The summed E-state index contributed by atoms with van der Waals surface area (Å²) in [7, 11) is 1.55. The van der Waals surface area contributed by atoms with Crippen molar-refractivity contribution in [1.82, 2.24) is 4.98 Å². The molecule has 2 rings (SSSR count). The third-order valence-electron chi connectivity index (χ3n) is 2.65. The Morgan fingerprint density at radius 2 is 2.20 bits per heavy atom. The number of nitrogen functional groups attached to an aromatic ring is 1. The van der Waals surface area contributed by atoms with Crippen molar-refractivity contribution in [1.29, 1.82) is 0 Å². The third kappa shape index (κ3) is 3.35. The standard InChI is InChI=1S/C13H14N4O3/c1-20-13-3-2-9(8-16-13)7-15-11-4-10(14)5-12(6-11)17(18)19/h2-6,8,15H,7,14H2,1H3. The van der Waals surface area contributed by atoms with E-state index in [1.54, 1.807) is 25.4 Å². The fourth-order valence-corrected chi connectivity index (χ4v) is 1.68. The first-order valence-electron chi connectivity index (χ1n) is 5.86. The minimum Gasteiger partial charge on any atom is -0.481 e. The molecule has 1 aromatic carbocycles. The molecule has 7 nitrogen and oxygen atoms in total. The molecule has 104 valence electrons. The Morgan fingerprint density at radius 1 is 1.40 bits per heavy atom. The molecule has 0 aliphatic heterocycles. The summed E-state index contributed by atoms with van der Waals surface area (Å²) in [6, 6.07) is 8.01. The van der Waals surface area contributed by atoms with Gasteiger partial charge in [-0.2, -0.15) is 0 Å². The highest BCUT2D eigenvalue weighted by atomic mass is 16.6. The lowest BCUT2D eigenvalue weighted by Gasteiger charge is -2.07. The summed E-state index contributed by atoms with van der Waals surface area (Å²) < 4.78 is 4.97. The van der Waals surface area contributed by atoms with Gasteiger partial charge >= 0.3 is 0 Å². The number of ether oxygens (including phenoxy) is 1. The van der Waals surface area contributed by atoms with Gasteiger partial charge in [-0.1, -0.05) is 6.07 Å². The first-order valence-corrected chi connectivity index (χ1v) is 5.86. The van der Waals surface area contributed by atoms with E-state index in [4.69, 9.17) is 10.5 Å². The van der Waals surface area contributed by atoms with Crippen molar-refractivity contribution in [3.8, 4) is 5.88 Å². The van der Waals surface area contributed by atoms with E-state index in [-0.39, 0.29) is 5.69 Å². The molecule has 0 aliphatic rings. The van der Waals surface area contributed by atoms with Gasteiger partial charge in [-0.3, -0.25) is 10.1 Å². The van der Waals surface area contributed by atoms with Gasteiger partial charge in [-0.05, 0) is 11.6 Å². The van der Waals surface area contributed by atoms with E-state index in [1.807, 2.05) is 6.07 Å². The van der Waals surface area contributed by atoms with Gasteiger partial charge in [0.15, 0.2) is 0 Å². The molecule has 0 spiro atoms. The number of rotatable bonds is 5. The second-order valence-corrected chi connectivity index (χ2v) is 4.13. The fourth-order valence-electron chi connectivity index (χ4n) is 1.68. The Kier molecular flexibility index (Phi) is 3.99. The zero-order valence-electron chi connectivity index (χ0n) is 10.9. The molecule has 0 amide bonds. The average Bonchev–Trinajstić information content (AvgIpc) is 2.45. The molecular weight excluding hydrogens is 260 g/mol. The van der Waals surface area contributed by atoms with Crippen LogP contribution in [0.15, 0.2) is 36.5 Å². The summed E-state index contributed by atoms with van der Waals surface area (Å²) >= 11 is 0. The van der Waals surface area contributed by atoms with Gasteiger partial charge in [-0.15, -0.1) is 0 Å². The minimum absolute atomic E-state index is 0.0413. The van der Waals surface area contributed by atoms with E-state index in [1.165, 1.54) is 12.1 Å². The van der Waals surface area contributed by atoms with Crippen molar-refractivity contribution in [2.45, 2.75) is 6.54 Å². The molecule has 1 heterocycles. The third-order valence-corrected chi connectivity index (χ3v) is 2.65. The van der Waals surface area contributed by atoms with Crippen molar-refractivity contribution in [3.05, 3.63) is 52.2 Å². The minimum atomic E-state index is -0.476. The van der Waals surface area contributed by atoms with Crippen LogP contribution in [-0.2, 0) is 6.54 Å². The number of benzene rings is 1. The van der Waals surface area contributed by atoms with Crippen molar-refractivity contribution in [2.24, 2.45) is 0 Å². The summed E-state index contributed by atoms with van der Waals surface area (Å²) in [6.07, 6.45) is 1.67. The lowest BCUT2D eigenvalue weighted by Crippen LogP contribution is -2.02. The molecule has 0 atom stereocenters. The number of nitro groups is 1. The molecule has 0 unspecified atom stereocenters. The predicted molar refractivity (Wildman–Crippen MR) is 75.6 cm³/mol. The number of nitrogens with zero attached hydrogens (tertiary/aromatic N) is 2. The Balaban J connectivity index is 2.08. The molecule has 0 bridgehead atoms. The highest BCUT2D eigenvalue weighted by Crippen LogP contribution is 2.22. The largest absolute Gasteiger partial charge is 0.481 e. The zero-order valence-corrected chi connectivity index (χ0v) is 10.9. The van der Waals surface area contributed by atoms with Crippen molar-refractivity contribution in [2.75, 3.05) is 18.2 Å². The summed E-state index contributed by atoms with van der Waals surface area (Å²) in [6.45, 7) is 0.484. The second-order valence-electron chi connectivity index (χ2n) is 4.13. The highest BCUT2D eigenvalue weighted by Gasteiger charge is 2.08. The van der Waals surface area contributed by atoms with Gasteiger partial charge in [0.05, 0.1) is 12.0 Å². The second kappa shape index (κ2) is 5.87. The summed E-state index contributed by atoms with van der Waals surface area (Å²) in [5.74, 6) is 0.536. The maximum atomic E-state index is 10.7. The maximum absolute atomic E-state index is 10.7. The molecule has 0 saturated heterocycles. The van der Waals surface area contributed by atoms with E-state index in [2.05, 4.69) is 10.3 Å². The summed E-state index contributed by atoms with van der Waals surface area (Å²) in [4.78, 5) is 14.4. The first-order chi connectivity index (χ1) is 9.58. The molecule has 7 heteroatoms. The Labute approximate surface area is 115 Å². The molecule has 0 radical (unpaired) electrons. The molecule has 0 saturated carbocycles. The van der Waals surface area contributed by atoms with Gasteiger partial charge in [0.25, 0.3) is 5.69 Å². The van der Waals surface area contributed by atoms with E-state index in [0.717, 1.165) is 5.56 Å². The molecule has 3 N–H and O–H groups in total. The van der Waals surface area contributed by atoms with Crippen LogP contribution in [0.3, 0.4) is 0 Å². The van der Waals surface area contributed by atoms with Crippen LogP contribution in [0.2, 0.25) is 0 Å². The van der Waals surface area contributed by atoms with E-state index in [9.17, 15) is 10.1 Å². The molecule has 1 aromatic heterocycles. The summed E-state index contributed by atoms with van der Waals surface area (Å²) in [5.41, 5.74) is 7.45. The van der Waals surface area contributed by atoms with Gasteiger partial charge in [-0.25, -0.2) is 4.98 Å². The number of anilines is 2. The average molecular weight is 274 g/mol. The number of pyridine rings is 1. The molecule has 20 heavy (non-hydrogen) atoms. The van der Waals surface area contributed by atoms with E-state index >= 15 is 0 Å². The molecule has 2 aromatic rings. The number of nitro benzene ring substituents is 1. The van der Waals surface area contributed by atoms with Crippen LogP contribution >= 0.6 is 0 Å². The Morgan fingerprint density at radius 3 is 2.80 bits per heavy atom. The van der Waals surface area contributed by atoms with Crippen LogP contribution in [0.25, 0.3) is 0 Å². The number of hydrogen-bond acceptors (Lipinski definition) is 6. The van der Waals surface area contributed by atoms with Crippen LogP contribution in [0, 0.1) is 10.1 Å². The Hall–Kier alpha value is -2.83. The normalized spacial score (nSPS) is 10.1. The smallest absolute Gasteiger partial charge is 0.273 e. The van der Waals surface area contributed by atoms with Crippen molar-refractivity contribution in [3.63, 3.8) is 0 Å². The van der Waals surface area contributed by atoms with Crippen LogP contribution in [-0.4, -0.2) is 17.0 Å². The number of methoxy groups -OCH3 is 1. The SMILES string of the molecule is COc1ccc(CNc2cc(N)cc([N+](=O)[O-])c2)cn1. The molecular formula is C13H14N4O3. The fraction of sp³-hybridized carbons (Fsp3) is 0.154. The van der Waals surface area contributed by atoms with Crippen LogP contribution in [0.4, 0.5) is 17.1 Å². The quantitative estimate of drug-likeness (QED) is 0.492. The number of nitrogens with two attached hydrogens (primary N) is 1. The molecule has 0 fully saturated rings. The number of aromatic nitrogens is 1. The molecule has 0 aliphatic carbocycles. The van der Waals surface area contributed by atoms with Gasteiger partial charge in [0.1, 0.15) is 0 Å². The van der Waals surface area contributed by atoms with E-state index in [0.29, 0.717) is 23.8 Å². The topological polar surface area (TPSA) is 103 Å². The van der Waals surface area contributed by atoms with Crippen LogP contribution in [0.1, 0.15) is 5.56 Å². The lowest BCUT2D eigenvalue weighted by molar-refractivity contribution is -0.384. The van der Waals surface area contributed by atoms with Crippen LogP contribution in [0.5, 0.6) is 5.88 Å². The van der Waals surface area contributed by atoms with Crippen molar-refractivity contribution < 1.29 is 9.66 Å². The monoisotopic (exact) mass is 274 g/mol. The summed E-state index contributed by atoms with van der Waals surface area (Å²) in [5, 5.41) is 13.8. The Bertz CT molecular complexity index is 614. The lowest BCUT2D eigenvalue weighted by atomic mass is 10.2. The highest BCUT2D eigenvalue weighted by molar-refractivity contribution is 5.61. The van der Waals surface area contributed by atoms with Gasteiger partial charge < -0.3 is 15.8 Å². The number of non-ortho nitro benzene ring substituents is 1. The van der Waals surface area contributed by atoms with E-state index < -0.39 is 4.92 Å². The first kappa shape index (κ1) is 13.6.